The van der Waals surface area contributed by atoms with Gasteiger partial charge >= 0.3 is 0 Å². The van der Waals surface area contributed by atoms with Gasteiger partial charge in [-0.05, 0) is 48.6 Å². The smallest absolute Gasteiger partial charge is 0.284 e. The minimum Gasteiger partial charge on any atom is -0.490 e. The van der Waals surface area contributed by atoms with E-state index in [9.17, 15) is 4.79 Å². The van der Waals surface area contributed by atoms with Gasteiger partial charge in [-0.15, -0.1) is 0 Å². The highest BCUT2D eigenvalue weighted by Gasteiger charge is 2.10. The highest BCUT2D eigenvalue weighted by molar-refractivity contribution is 9.10. The van der Waals surface area contributed by atoms with Crippen LogP contribution in [0.1, 0.15) is 12.0 Å². The maximum Gasteiger partial charge on any atom is 0.284 e. The van der Waals surface area contributed by atoms with Gasteiger partial charge in [0.2, 0.25) is 0 Å². The van der Waals surface area contributed by atoms with Crippen molar-refractivity contribution in [2.24, 2.45) is 0 Å². The Morgan fingerprint density at radius 2 is 2.00 bits per heavy atom. The molecule has 23 heavy (non-hydrogen) atoms. The molecule has 2 aromatic rings. The second-order valence-electron chi connectivity index (χ2n) is 5.59. The molecule has 1 aromatic carbocycles. The molecule has 6 heteroatoms. The molecule has 0 unspecified atom stereocenters. The number of aromatic nitrogens is 2. The summed E-state index contributed by atoms with van der Waals surface area (Å²) in [5, 5.41) is 4.19. The molecule has 5 nitrogen and oxygen atoms in total. The van der Waals surface area contributed by atoms with Gasteiger partial charge in [0.05, 0.1) is 12.8 Å². The van der Waals surface area contributed by atoms with Crippen molar-refractivity contribution in [3.05, 3.63) is 56.9 Å². The molecular weight excluding hydrogens is 358 g/mol. The molecule has 124 valence electrons. The Hall–Kier alpha value is -1.66. The number of hydrogen-bond donors (Lipinski definition) is 0. The summed E-state index contributed by atoms with van der Waals surface area (Å²) in [5.41, 5.74) is 1.05. The van der Waals surface area contributed by atoms with Gasteiger partial charge in [0.25, 0.3) is 5.56 Å². The van der Waals surface area contributed by atoms with Crippen molar-refractivity contribution in [2.75, 3.05) is 27.2 Å². The monoisotopic (exact) mass is 379 g/mol. The number of halogens is 1. The van der Waals surface area contributed by atoms with Gasteiger partial charge in [0, 0.05) is 13.0 Å². The Balaban J connectivity index is 1.93. The van der Waals surface area contributed by atoms with Crippen LogP contribution < -0.4 is 10.3 Å². The zero-order valence-corrected chi connectivity index (χ0v) is 15.1. The fraction of sp³-hybridized carbons (Fsp3) is 0.412. The van der Waals surface area contributed by atoms with Crippen molar-refractivity contribution in [3.63, 3.8) is 0 Å². The van der Waals surface area contributed by atoms with Crippen LogP contribution in [0.15, 0.2) is 45.8 Å². The van der Waals surface area contributed by atoms with Crippen LogP contribution in [0.3, 0.4) is 0 Å². The minimum absolute atomic E-state index is 0.152. The molecule has 0 N–H and O–H groups in total. The Labute approximate surface area is 145 Å². The van der Waals surface area contributed by atoms with Crippen molar-refractivity contribution in [1.29, 1.82) is 0 Å². The number of aryl methyl sites for hydroxylation is 1. The Morgan fingerprint density at radius 1 is 1.26 bits per heavy atom. The summed E-state index contributed by atoms with van der Waals surface area (Å²) in [6.07, 6.45) is 3.27. The number of hydrogen-bond acceptors (Lipinski definition) is 4. The zero-order valence-electron chi connectivity index (χ0n) is 13.5. The topological polar surface area (TPSA) is 47.4 Å². The van der Waals surface area contributed by atoms with Crippen LogP contribution in [-0.4, -0.2) is 41.9 Å². The second kappa shape index (κ2) is 8.84. The van der Waals surface area contributed by atoms with E-state index in [1.807, 2.05) is 32.3 Å². The van der Waals surface area contributed by atoms with Gasteiger partial charge in [-0.1, -0.05) is 30.3 Å². The molecule has 0 bridgehead atoms. The molecule has 0 saturated carbocycles. The van der Waals surface area contributed by atoms with Crippen LogP contribution >= 0.6 is 15.9 Å². The first-order valence-corrected chi connectivity index (χ1v) is 8.44. The highest BCUT2D eigenvalue weighted by atomic mass is 79.9. The Bertz CT molecular complexity index is 671. The third-order valence-corrected chi connectivity index (χ3v) is 4.15. The number of nitrogens with zero attached hydrogens (tertiary/aromatic N) is 3. The van der Waals surface area contributed by atoms with Gasteiger partial charge in [-0.2, -0.15) is 5.10 Å². The van der Waals surface area contributed by atoms with Crippen LogP contribution in [-0.2, 0) is 13.0 Å². The van der Waals surface area contributed by atoms with Gasteiger partial charge in [-0.25, -0.2) is 4.68 Å². The van der Waals surface area contributed by atoms with Gasteiger partial charge in [-0.3, -0.25) is 4.79 Å². The molecule has 0 spiro atoms. The van der Waals surface area contributed by atoms with Crippen molar-refractivity contribution >= 4 is 15.9 Å². The molecule has 0 radical (unpaired) electrons. The van der Waals surface area contributed by atoms with Crippen LogP contribution in [0.25, 0.3) is 0 Å². The molecule has 0 amide bonds. The van der Waals surface area contributed by atoms with E-state index in [1.54, 1.807) is 6.20 Å². The first kappa shape index (κ1) is 17.7. The van der Waals surface area contributed by atoms with Gasteiger partial charge in [0.1, 0.15) is 4.47 Å². The van der Waals surface area contributed by atoms with E-state index in [1.165, 1.54) is 10.2 Å². The Kier molecular flexibility index (Phi) is 6.80. The molecular formula is C17H22BrN3O2. The van der Waals surface area contributed by atoms with Crippen LogP contribution in [0.5, 0.6) is 5.75 Å². The average molecular weight is 380 g/mol. The normalized spacial score (nSPS) is 11.0. The predicted octanol–water partition coefficient (Wildman–Crippen LogP) is 2.58. The van der Waals surface area contributed by atoms with Gasteiger partial charge < -0.3 is 9.64 Å². The molecule has 2 rings (SSSR count). The van der Waals surface area contributed by atoms with E-state index < -0.39 is 0 Å². The quantitative estimate of drug-likeness (QED) is 0.707. The van der Waals surface area contributed by atoms with E-state index in [2.05, 4.69) is 38.1 Å². The standard InChI is InChI=1S/C17H22BrN3O2/c1-20(2)10-6-11-21-17(22)16(18)15(13-19-21)23-12-9-14-7-4-3-5-8-14/h3-5,7-8,13H,6,9-12H2,1-2H3. The predicted molar refractivity (Wildman–Crippen MR) is 95.0 cm³/mol. The largest absolute Gasteiger partial charge is 0.490 e. The molecule has 1 heterocycles. The first-order chi connectivity index (χ1) is 11.1. The van der Waals surface area contributed by atoms with E-state index in [4.69, 9.17) is 4.74 Å². The fourth-order valence-corrected chi connectivity index (χ4v) is 2.59. The maximum atomic E-state index is 12.3. The van der Waals surface area contributed by atoms with E-state index >= 15 is 0 Å². The lowest BCUT2D eigenvalue weighted by Crippen LogP contribution is -2.26. The summed E-state index contributed by atoms with van der Waals surface area (Å²) in [5.74, 6) is 0.495. The van der Waals surface area contributed by atoms with Crippen molar-refractivity contribution in [3.8, 4) is 5.75 Å². The molecule has 0 atom stereocenters. The summed E-state index contributed by atoms with van der Waals surface area (Å²) < 4.78 is 7.59. The summed E-state index contributed by atoms with van der Waals surface area (Å²) in [6.45, 7) is 2.02. The lowest BCUT2D eigenvalue weighted by Gasteiger charge is -2.12. The first-order valence-electron chi connectivity index (χ1n) is 7.65. The molecule has 0 aliphatic rings. The molecule has 0 aliphatic heterocycles. The third kappa shape index (κ3) is 5.48. The SMILES string of the molecule is CN(C)CCCn1ncc(OCCc2ccccc2)c(Br)c1=O. The lowest BCUT2D eigenvalue weighted by molar-refractivity contribution is 0.314. The molecule has 0 fully saturated rings. The second-order valence-corrected chi connectivity index (χ2v) is 6.38. The van der Waals surface area contributed by atoms with Crippen molar-refractivity contribution in [2.45, 2.75) is 19.4 Å². The molecule has 0 saturated heterocycles. The van der Waals surface area contributed by atoms with Crippen LogP contribution in [0, 0.1) is 0 Å². The van der Waals surface area contributed by atoms with Crippen molar-refractivity contribution in [1.82, 2.24) is 14.7 Å². The summed E-state index contributed by atoms with van der Waals surface area (Å²) in [6, 6.07) is 10.1. The number of rotatable bonds is 8. The lowest BCUT2D eigenvalue weighted by atomic mass is 10.2. The average Bonchev–Trinajstić information content (AvgIpc) is 2.54. The van der Waals surface area contributed by atoms with Crippen LogP contribution in [0.4, 0.5) is 0 Å². The number of ether oxygens (including phenoxy) is 1. The minimum atomic E-state index is -0.152. The Morgan fingerprint density at radius 3 is 2.70 bits per heavy atom. The van der Waals surface area contributed by atoms with E-state index in [0.717, 1.165) is 19.4 Å². The summed E-state index contributed by atoms with van der Waals surface area (Å²) >= 11 is 3.33. The molecule has 1 aromatic heterocycles. The summed E-state index contributed by atoms with van der Waals surface area (Å²) in [4.78, 5) is 14.3. The summed E-state index contributed by atoms with van der Waals surface area (Å²) in [7, 11) is 4.02. The van der Waals surface area contributed by atoms with E-state index in [0.29, 0.717) is 23.4 Å². The highest BCUT2D eigenvalue weighted by Crippen LogP contribution is 2.19. The van der Waals surface area contributed by atoms with Gasteiger partial charge in [0.15, 0.2) is 5.75 Å². The van der Waals surface area contributed by atoms with Crippen LogP contribution in [0.2, 0.25) is 0 Å². The third-order valence-electron chi connectivity index (χ3n) is 3.42. The van der Waals surface area contributed by atoms with Crippen molar-refractivity contribution < 1.29 is 4.74 Å². The molecule has 0 aliphatic carbocycles. The van der Waals surface area contributed by atoms with E-state index in [-0.39, 0.29) is 5.56 Å². The fourth-order valence-electron chi connectivity index (χ4n) is 2.17. The number of benzene rings is 1. The maximum absolute atomic E-state index is 12.3. The zero-order chi connectivity index (χ0) is 16.7.